The molecule has 0 aromatic heterocycles. The summed E-state index contributed by atoms with van der Waals surface area (Å²) in [5, 5.41) is 3.57. The van der Waals surface area contributed by atoms with Crippen LogP contribution < -0.4 is 9.62 Å². The van der Waals surface area contributed by atoms with E-state index < -0.39 is 28.5 Å². The van der Waals surface area contributed by atoms with E-state index >= 15 is 0 Å². The summed E-state index contributed by atoms with van der Waals surface area (Å²) in [6.45, 7) is 3.28. The molecule has 2 rings (SSSR count). The van der Waals surface area contributed by atoms with Gasteiger partial charge in [0.05, 0.1) is 22.0 Å². The van der Waals surface area contributed by atoms with E-state index in [2.05, 4.69) is 5.32 Å². The van der Waals surface area contributed by atoms with Gasteiger partial charge >= 0.3 is 0 Å². The van der Waals surface area contributed by atoms with Gasteiger partial charge in [-0.15, -0.1) is 0 Å². The molecule has 0 heterocycles. The number of hydrogen-bond acceptors (Lipinski definition) is 4. The van der Waals surface area contributed by atoms with Crippen LogP contribution in [0.5, 0.6) is 0 Å². The first-order valence-electron chi connectivity index (χ1n) is 9.68. The zero-order chi connectivity index (χ0) is 24.1. The van der Waals surface area contributed by atoms with Crippen molar-refractivity contribution in [1.82, 2.24) is 10.2 Å². The molecule has 0 aliphatic rings. The fourth-order valence-electron chi connectivity index (χ4n) is 2.99. The molecule has 0 saturated carbocycles. The molecule has 32 heavy (non-hydrogen) atoms. The molecule has 2 aromatic carbocycles. The van der Waals surface area contributed by atoms with Crippen molar-refractivity contribution in [2.75, 3.05) is 23.7 Å². The summed E-state index contributed by atoms with van der Waals surface area (Å²) in [5.41, 5.74) is 0.881. The third-order valence-electron chi connectivity index (χ3n) is 4.63. The molecule has 1 unspecified atom stereocenters. The van der Waals surface area contributed by atoms with E-state index in [-0.39, 0.29) is 28.2 Å². The Labute approximate surface area is 203 Å². The number of sulfonamides is 1. The van der Waals surface area contributed by atoms with Crippen molar-refractivity contribution in [2.45, 2.75) is 26.4 Å². The van der Waals surface area contributed by atoms with Crippen LogP contribution in [0.15, 0.2) is 42.5 Å². The van der Waals surface area contributed by atoms with Gasteiger partial charge in [0.2, 0.25) is 21.8 Å². The van der Waals surface area contributed by atoms with Crippen molar-refractivity contribution >= 4 is 62.3 Å². The van der Waals surface area contributed by atoms with Crippen LogP contribution in [-0.4, -0.2) is 50.5 Å². The van der Waals surface area contributed by atoms with E-state index in [0.29, 0.717) is 17.1 Å². The minimum Gasteiger partial charge on any atom is -0.355 e. The highest BCUT2D eigenvalue weighted by Crippen LogP contribution is 2.28. The lowest BCUT2D eigenvalue weighted by atomic mass is 10.1. The summed E-state index contributed by atoms with van der Waals surface area (Å²) >= 11 is 18.0. The number of hydrogen-bond donors (Lipinski definition) is 1. The first kappa shape index (κ1) is 26.3. The van der Waals surface area contributed by atoms with Gasteiger partial charge in [-0.2, -0.15) is 0 Å². The number of carbonyl (C=O) groups excluding carboxylic acids is 2. The predicted octanol–water partition coefficient (Wildman–Crippen LogP) is 3.97. The summed E-state index contributed by atoms with van der Waals surface area (Å²) in [6.07, 6.45) is 0.983. The molecule has 11 heteroatoms. The van der Waals surface area contributed by atoms with Crippen LogP contribution in [0.4, 0.5) is 5.69 Å². The third-order valence-corrected chi connectivity index (χ3v) is 6.75. The summed E-state index contributed by atoms with van der Waals surface area (Å²) in [7, 11) is -3.85. The lowest BCUT2D eigenvalue weighted by molar-refractivity contribution is -0.139. The number of rotatable bonds is 9. The Morgan fingerprint density at radius 1 is 1.06 bits per heavy atom. The van der Waals surface area contributed by atoms with E-state index in [4.69, 9.17) is 34.8 Å². The summed E-state index contributed by atoms with van der Waals surface area (Å²) in [5.74, 6) is -0.927. The van der Waals surface area contributed by atoms with Gasteiger partial charge in [-0.05, 0) is 49.7 Å². The van der Waals surface area contributed by atoms with Crippen LogP contribution in [0.1, 0.15) is 19.4 Å². The van der Waals surface area contributed by atoms with Crippen molar-refractivity contribution in [2.24, 2.45) is 0 Å². The second kappa shape index (κ2) is 11.2. The Bertz CT molecular complexity index is 1100. The van der Waals surface area contributed by atoms with E-state index in [9.17, 15) is 18.0 Å². The van der Waals surface area contributed by atoms with E-state index in [1.165, 1.54) is 23.1 Å². The number of nitrogens with zero attached hydrogens (tertiary/aromatic N) is 2. The molecule has 0 radical (unpaired) electrons. The Hall–Kier alpha value is -2.00. The number of likely N-dealkylation sites (N-methyl/N-ethyl adjacent to an activating group) is 1. The maximum Gasteiger partial charge on any atom is 0.244 e. The van der Waals surface area contributed by atoms with E-state index in [1.54, 1.807) is 38.1 Å². The van der Waals surface area contributed by atoms with Gasteiger partial charge in [-0.3, -0.25) is 13.9 Å². The molecular weight excluding hydrogens is 497 g/mol. The lowest BCUT2D eigenvalue weighted by Crippen LogP contribution is -2.51. The van der Waals surface area contributed by atoms with Crippen LogP contribution in [0, 0.1) is 0 Å². The topological polar surface area (TPSA) is 86.8 Å². The Morgan fingerprint density at radius 2 is 1.75 bits per heavy atom. The van der Waals surface area contributed by atoms with Gasteiger partial charge in [0.1, 0.15) is 12.6 Å². The van der Waals surface area contributed by atoms with Crippen molar-refractivity contribution in [3.8, 4) is 0 Å². The van der Waals surface area contributed by atoms with E-state index in [0.717, 1.165) is 10.6 Å². The molecular formula is C21H24Cl3N3O4S. The summed E-state index contributed by atoms with van der Waals surface area (Å²) in [4.78, 5) is 27.1. The molecule has 0 spiro atoms. The van der Waals surface area contributed by atoms with Crippen molar-refractivity contribution < 1.29 is 18.0 Å². The van der Waals surface area contributed by atoms with Gasteiger partial charge in [0.25, 0.3) is 0 Å². The lowest BCUT2D eigenvalue weighted by Gasteiger charge is -2.31. The molecule has 2 aromatic rings. The molecule has 1 atom stereocenters. The fourth-order valence-corrected chi connectivity index (χ4v) is 4.34. The predicted molar refractivity (Wildman–Crippen MR) is 129 cm³/mol. The van der Waals surface area contributed by atoms with E-state index in [1.807, 2.05) is 0 Å². The summed E-state index contributed by atoms with van der Waals surface area (Å²) < 4.78 is 25.9. The van der Waals surface area contributed by atoms with Crippen molar-refractivity contribution in [3.05, 3.63) is 63.1 Å². The molecule has 0 aliphatic heterocycles. The average Bonchev–Trinajstić information content (AvgIpc) is 2.71. The van der Waals surface area contributed by atoms with Gasteiger partial charge in [0, 0.05) is 18.1 Å². The minimum atomic E-state index is -3.85. The highest BCUT2D eigenvalue weighted by Gasteiger charge is 2.30. The maximum atomic E-state index is 13.3. The first-order valence-corrected chi connectivity index (χ1v) is 12.7. The first-order chi connectivity index (χ1) is 14.9. The molecule has 0 aliphatic carbocycles. The molecule has 0 bridgehead atoms. The Kier molecular flexibility index (Phi) is 9.21. The zero-order valence-corrected chi connectivity index (χ0v) is 20.9. The monoisotopic (exact) mass is 519 g/mol. The molecule has 174 valence electrons. The number of carbonyl (C=O) groups is 2. The Balaban J connectivity index is 2.40. The van der Waals surface area contributed by atoms with Crippen LogP contribution in [0.25, 0.3) is 0 Å². The third kappa shape index (κ3) is 7.00. The normalized spacial score (nSPS) is 12.2. The average molecular weight is 521 g/mol. The van der Waals surface area contributed by atoms with Crippen molar-refractivity contribution in [3.63, 3.8) is 0 Å². The summed E-state index contributed by atoms with van der Waals surface area (Å²) in [6, 6.07) is 10.3. The SMILES string of the molecule is CCNC(=O)C(C)N(Cc1cccc(Cl)c1)C(=O)CN(c1ccc(Cl)c(Cl)c1)S(C)(=O)=O. The maximum absolute atomic E-state index is 13.3. The molecule has 0 saturated heterocycles. The molecule has 1 N–H and O–H groups in total. The zero-order valence-electron chi connectivity index (χ0n) is 17.8. The smallest absolute Gasteiger partial charge is 0.244 e. The van der Waals surface area contributed by atoms with Gasteiger partial charge in [-0.1, -0.05) is 46.9 Å². The van der Waals surface area contributed by atoms with Crippen LogP contribution in [-0.2, 0) is 26.2 Å². The molecule has 0 fully saturated rings. The number of benzene rings is 2. The Morgan fingerprint density at radius 3 is 2.31 bits per heavy atom. The number of amides is 2. The number of anilines is 1. The highest BCUT2D eigenvalue weighted by molar-refractivity contribution is 7.92. The molecule has 2 amide bonds. The van der Waals surface area contributed by atoms with Gasteiger partial charge in [0.15, 0.2) is 0 Å². The van der Waals surface area contributed by atoms with Crippen LogP contribution >= 0.6 is 34.8 Å². The van der Waals surface area contributed by atoms with Crippen molar-refractivity contribution in [1.29, 1.82) is 0 Å². The van der Waals surface area contributed by atoms with Crippen LogP contribution in [0.3, 0.4) is 0 Å². The number of halogens is 3. The van der Waals surface area contributed by atoms with Crippen LogP contribution in [0.2, 0.25) is 15.1 Å². The molecule has 7 nitrogen and oxygen atoms in total. The fraction of sp³-hybridized carbons (Fsp3) is 0.333. The highest BCUT2D eigenvalue weighted by atomic mass is 35.5. The van der Waals surface area contributed by atoms with Gasteiger partial charge < -0.3 is 10.2 Å². The van der Waals surface area contributed by atoms with Gasteiger partial charge in [-0.25, -0.2) is 8.42 Å². The minimum absolute atomic E-state index is 0.0661. The standard InChI is InChI=1S/C21H24Cl3N3O4S/c1-4-25-21(29)14(2)26(12-15-6-5-7-16(22)10-15)20(28)13-27(32(3,30)31)17-8-9-18(23)19(24)11-17/h5-11,14H,4,12-13H2,1-3H3,(H,25,29). The quantitative estimate of drug-likeness (QED) is 0.542. The number of nitrogens with one attached hydrogen (secondary N) is 1. The second-order valence-electron chi connectivity index (χ2n) is 7.09. The largest absolute Gasteiger partial charge is 0.355 e. The second-order valence-corrected chi connectivity index (χ2v) is 10.2.